The number of hydrogen-bond donors (Lipinski definition) is 1. The van der Waals surface area contributed by atoms with Crippen molar-refractivity contribution in [2.45, 2.75) is 25.7 Å². The molecule has 0 saturated carbocycles. The fourth-order valence-electron chi connectivity index (χ4n) is 2.94. The summed E-state index contributed by atoms with van der Waals surface area (Å²) in [4.78, 5) is 18.2. The van der Waals surface area contributed by atoms with E-state index in [0.29, 0.717) is 0 Å². The van der Waals surface area contributed by atoms with Crippen molar-refractivity contribution in [3.8, 4) is 10.6 Å². The maximum absolute atomic E-state index is 12.5. The van der Waals surface area contributed by atoms with Crippen LogP contribution in [0.5, 0.6) is 0 Å². The molecule has 5 heteroatoms. The summed E-state index contributed by atoms with van der Waals surface area (Å²) < 4.78 is 0. The fraction of sp³-hybridized carbons (Fsp3) is 0.222. The molecule has 2 heterocycles. The fourth-order valence-corrected chi connectivity index (χ4v) is 4.72. The van der Waals surface area contributed by atoms with E-state index < -0.39 is 0 Å². The van der Waals surface area contributed by atoms with Gasteiger partial charge in [0.2, 0.25) is 0 Å². The molecule has 0 aliphatic heterocycles. The molecule has 0 atom stereocenters. The first kappa shape index (κ1) is 14.6. The van der Waals surface area contributed by atoms with E-state index in [1.807, 2.05) is 35.0 Å². The second-order valence-electron chi connectivity index (χ2n) is 5.63. The Morgan fingerprint density at radius 3 is 2.70 bits per heavy atom. The molecule has 1 aliphatic rings. The van der Waals surface area contributed by atoms with Crippen molar-refractivity contribution in [3.05, 3.63) is 57.2 Å². The van der Waals surface area contributed by atoms with E-state index in [1.54, 1.807) is 28.9 Å². The second kappa shape index (κ2) is 6.26. The maximum Gasteiger partial charge on any atom is 0.256 e. The zero-order valence-corrected chi connectivity index (χ0v) is 14.2. The van der Waals surface area contributed by atoms with Crippen LogP contribution in [0.1, 0.15) is 33.6 Å². The van der Waals surface area contributed by atoms with Crippen LogP contribution in [0.4, 0.5) is 5.69 Å². The van der Waals surface area contributed by atoms with Crippen LogP contribution in [0.25, 0.3) is 10.6 Å². The third-order valence-electron chi connectivity index (χ3n) is 4.13. The van der Waals surface area contributed by atoms with Gasteiger partial charge >= 0.3 is 0 Å². The molecule has 0 radical (unpaired) electrons. The number of carbonyl (C=O) groups excluding carboxylic acids is 1. The van der Waals surface area contributed by atoms with Gasteiger partial charge < -0.3 is 5.32 Å². The molecule has 2 aromatic heterocycles. The third kappa shape index (κ3) is 2.94. The highest BCUT2D eigenvalue weighted by atomic mass is 32.1. The summed E-state index contributed by atoms with van der Waals surface area (Å²) in [7, 11) is 0. The molecule has 0 unspecified atom stereocenters. The molecule has 0 fully saturated rings. The van der Waals surface area contributed by atoms with E-state index in [0.717, 1.165) is 34.7 Å². The Kier molecular flexibility index (Phi) is 3.97. The molecule has 0 saturated heterocycles. The number of benzene rings is 1. The SMILES string of the molecule is O=C(Nc1ccc(-c2nccs2)cc1)c1csc2c1CCCC2. The van der Waals surface area contributed by atoms with Crippen molar-refractivity contribution in [2.24, 2.45) is 0 Å². The highest BCUT2D eigenvalue weighted by Crippen LogP contribution is 2.31. The number of thiophene rings is 1. The van der Waals surface area contributed by atoms with Crippen LogP contribution < -0.4 is 5.32 Å². The number of rotatable bonds is 3. The zero-order valence-electron chi connectivity index (χ0n) is 12.5. The van der Waals surface area contributed by atoms with Gasteiger partial charge in [0.1, 0.15) is 5.01 Å². The lowest BCUT2D eigenvalue weighted by atomic mass is 9.95. The number of fused-ring (bicyclic) bond motifs is 1. The summed E-state index contributed by atoms with van der Waals surface area (Å²) in [5.74, 6) is 0.00592. The molecule has 23 heavy (non-hydrogen) atoms. The predicted octanol–water partition coefficient (Wildman–Crippen LogP) is 5.00. The minimum atomic E-state index is 0.00592. The number of nitrogens with one attached hydrogen (secondary N) is 1. The van der Waals surface area contributed by atoms with Crippen molar-refractivity contribution < 1.29 is 4.79 Å². The number of aromatic nitrogens is 1. The monoisotopic (exact) mass is 340 g/mol. The van der Waals surface area contributed by atoms with Gasteiger partial charge in [-0.2, -0.15) is 0 Å². The number of thiazole rings is 1. The van der Waals surface area contributed by atoms with Crippen molar-refractivity contribution in [1.82, 2.24) is 4.98 Å². The topological polar surface area (TPSA) is 42.0 Å². The number of anilines is 1. The van der Waals surface area contributed by atoms with Crippen molar-refractivity contribution in [1.29, 1.82) is 0 Å². The first-order chi connectivity index (χ1) is 11.3. The van der Waals surface area contributed by atoms with Crippen LogP contribution in [0.2, 0.25) is 0 Å². The first-order valence-electron chi connectivity index (χ1n) is 7.72. The molecule has 1 aliphatic carbocycles. The smallest absolute Gasteiger partial charge is 0.256 e. The summed E-state index contributed by atoms with van der Waals surface area (Å²) in [6.45, 7) is 0. The number of hydrogen-bond acceptors (Lipinski definition) is 4. The molecule has 116 valence electrons. The van der Waals surface area contributed by atoms with Crippen LogP contribution in [0.3, 0.4) is 0 Å². The Bertz CT molecular complexity index is 819. The molecular formula is C18H16N2OS2. The van der Waals surface area contributed by atoms with E-state index in [2.05, 4.69) is 10.3 Å². The van der Waals surface area contributed by atoms with Crippen molar-refractivity contribution in [2.75, 3.05) is 5.32 Å². The first-order valence-corrected chi connectivity index (χ1v) is 9.48. The minimum absolute atomic E-state index is 0.00592. The van der Waals surface area contributed by atoms with Gasteiger partial charge in [0.15, 0.2) is 0 Å². The lowest BCUT2D eigenvalue weighted by Crippen LogP contribution is -2.14. The lowest BCUT2D eigenvalue weighted by Gasteiger charge is -2.12. The average molecular weight is 340 g/mol. The van der Waals surface area contributed by atoms with Gasteiger partial charge in [-0.25, -0.2) is 4.98 Å². The number of nitrogens with zero attached hydrogens (tertiary/aromatic N) is 1. The number of carbonyl (C=O) groups is 1. The molecule has 0 spiro atoms. The van der Waals surface area contributed by atoms with Gasteiger partial charge in [0.05, 0.1) is 5.56 Å². The summed E-state index contributed by atoms with van der Waals surface area (Å²) in [6, 6.07) is 7.87. The summed E-state index contributed by atoms with van der Waals surface area (Å²) >= 11 is 3.34. The van der Waals surface area contributed by atoms with Crippen LogP contribution in [0, 0.1) is 0 Å². The summed E-state index contributed by atoms with van der Waals surface area (Å²) in [6.07, 6.45) is 6.38. The Morgan fingerprint density at radius 2 is 1.91 bits per heavy atom. The van der Waals surface area contributed by atoms with Gasteiger partial charge in [0, 0.05) is 33.1 Å². The largest absolute Gasteiger partial charge is 0.322 e. The van der Waals surface area contributed by atoms with Crippen molar-refractivity contribution in [3.63, 3.8) is 0 Å². The Labute approximate surface area is 143 Å². The summed E-state index contributed by atoms with van der Waals surface area (Å²) in [5.41, 5.74) is 4.02. The van der Waals surface area contributed by atoms with Crippen LogP contribution >= 0.6 is 22.7 Å². The quantitative estimate of drug-likeness (QED) is 0.729. The molecule has 1 amide bonds. The zero-order chi connectivity index (χ0) is 15.6. The van der Waals surface area contributed by atoms with Crippen LogP contribution in [-0.4, -0.2) is 10.9 Å². The highest BCUT2D eigenvalue weighted by molar-refractivity contribution is 7.13. The van der Waals surface area contributed by atoms with E-state index in [4.69, 9.17) is 0 Å². The van der Waals surface area contributed by atoms with E-state index in [9.17, 15) is 4.79 Å². The minimum Gasteiger partial charge on any atom is -0.322 e. The Balaban J connectivity index is 1.51. The maximum atomic E-state index is 12.5. The average Bonchev–Trinajstić information content (AvgIpc) is 3.25. The van der Waals surface area contributed by atoms with Gasteiger partial charge in [0.25, 0.3) is 5.91 Å². The predicted molar refractivity (Wildman–Crippen MR) is 96.5 cm³/mol. The normalized spacial score (nSPS) is 13.6. The Hall–Kier alpha value is -1.98. The number of aryl methyl sites for hydroxylation is 1. The summed E-state index contributed by atoms with van der Waals surface area (Å²) in [5, 5.41) is 7.99. The highest BCUT2D eigenvalue weighted by Gasteiger charge is 2.20. The van der Waals surface area contributed by atoms with E-state index >= 15 is 0 Å². The third-order valence-corrected chi connectivity index (χ3v) is 6.04. The van der Waals surface area contributed by atoms with Gasteiger partial charge in [-0.15, -0.1) is 22.7 Å². The van der Waals surface area contributed by atoms with Crippen molar-refractivity contribution >= 4 is 34.3 Å². The standard InChI is InChI=1S/C18H16N2OS2/c21-17(15-11-23-16-4-2-1-3-14(15)16)20-13-7-5-12(6-8-13)18-19-9-10-22-18/h5-11H,1-4H2,(H,20,21). The van der Waals surface area contributed by atoms with Crippen LogP contribution in [-0.2, 0) is 12.8 Å². The van der Waals surface area contributed by atoms with E-state index in [-0.39, 0.29) is 5.91 Å². The molecule has 0 bridgehead atoms. The van der Waals surface area contributed by atoms with Gasteiger partial charge in [-0.1, -0.05) is 0 Å². The van der Waals surface area contributed by atoms with Gasteiger partial charge in [-0.3, -0.25) is 4.79 Å². The Morgan fingerprint density at radius 1 is 1.09 bits per heavy atom. The lowest BCUT2D eigenvalue weighted by molar-refractivity contribution is 0.102. The van der Waals surface area contributed by atoms with Gasteiger partial charge in [-0.05, 0) is 55.5 Å². The second-order valence-corrected chi connectivity index (χ2v) is 7.49. The van der Waals surface area contributed by atoms with E-state index in [1.165, 1.54) is 23.3 Å². The van der Waals surface area contributed by atoms with Crippen LogP contribution in [0.15, 0.2) is 41.2 Å². The number of amides is 1. The molecule has 4 rings (SSSR count). The molecule has 1 aromatic carbocycles. The molecular weight excluding hydrogens is 324 g/mol. The molecule has 3 nitrogen and oxygen atoms in total. The molecule has 1 N–H and O–H groups in total. The molecule has 3 aromatic rings.